The lowest BCUT2D eigenvalue weighted by Gasteiger charge is -2.06. The molecule has 0 saturated carbocycles. The van der Waals surface area contributed by atoms with E-state index in [-0.39, 0.29) is 0 Å². The molecule has 0 fully saturated rings. The van der Waals surface area contributed by atoms with Gasteiger partial charge in [0.05, 0.1) is 5.69 Å². The van der Waals surface area contributed by atoms with Crippen LogP contribution in [-0.2, 0) is 0 Å². The maximum atomic E-state index is 4.00. The molecule has 0 aromatic heterocycles. The van der Waals surface area contributed by atoms with Crippen molar-refractivity contribution >= 4 is 31.3 Å². The summed E-state index contributed by atoms with van der Waals surface area (Å²) in [6, 6.07) is 9.69. The van der Waals surface area contributed by atoms with Crippen LogP contribution in [0.1, 0.15) is 0 Å². The van der Waals surface area contributed by atoms with Crippen LogP contribution in [0, 0.1) is 0 Å². The van der Waals surface area contributed by atoms with E-state index in [0.29, 0.717) is 0 Å². The van der Waals surface area contributed by atoms with E-state index < -0.39 is 0 Å². The molecule has 4 N–H and O–H groups in total. The van der Waals surface area contributed by atoms with Gasteiger partial charge in [-0.1, -0.05) is 43.8 Å². The Morgan fingerprint density at radius 3 is 1.73 bits per heavy atom. The molecule has 3 nitrogen and oxygen atoms in total. The summed E-state index contributed by atoms with van der Waals surface area (Å²) in [4.78, 5) is 0. The van der Waals surface area contributed by atoms with Gasteiger partial charge in [-0.15, -0.1) is 0 Å². The molecule has 0 bridgehead atoms. The number of rotatable bonds is 1. The molecular weight excluding hydrogens is 178 g/mol. The normalized spacial score (nSPS) is 8.00. The van der Waals surface area contributed by atoms with Crippen molar-refractivity contribution in [2.45, 2.75) is 0 Å². The molecule has 0 atom stereocenters. The third kappa shape index (κ3) is 4.15. The molecule has 0 saturated heterocycles. The van der Waals surface area contributed by atoms with Crippen LogP contribution in [0.3, 0.4) is 0 Å². The standard InChI is InChI=1S/C6H7NS2.H4N2/c8-7(9)6-4-2-1-3-5-6;1-2/h1-5,8-9H;1-2H2. The first-order chi connectivity index (χ1) is 5.30. The SMILES string of the molecule is NN.SN(S)c1ccccc1. The first-order valence-corrected chi connectivity index (χ1v) is 3.67. The highest BCUT2D eigenvalue weighted by Gasteiger charge is 1.90. The molecule has 62 valence electrons. The molecule has 1 aromatic carbocycles. The summed E-state index contributed by atoms with van der Waals surface area (Å²) < 4.78 is 1.47. The van der Waals surface area contributed by atoms with E-state index in [2.05, 4.69) is 37.3 Å². The van der Waals surface area contributed by atoms with Crippen LogP contribution >= 0.6 is 25.6 Å². The lowest BCUT2D eigenvalue weighted by molar-refractivity contribution is 1.26. The Morgan fingerprint density at radius 2 is 1.45 bits per heavy atom. The highest BCUT2D eigenvalue weighted by Crippen LogP contribution is 2.15. The Labute approximate surface area is 77.4 Å². The summed E-state index contributed by atoms with van der Waals surface area (Å²) in [5.74, 6) is 8.00. The molecule has 1 rings (SSSR count). The summed E-state index contributed by atoms with van der Waals surface area (Å²) >= 11 is 7.97. The first kappa shape index (κ1) is 10.6. The zero-order valence-electron chi connectivity index (χ0n) is 5.88. The minimum Gasteiger partial charge on any atom is -0.274 e. The van der Waals surface area contributed by atoms with Gasteiger partial charge in [0.1, 0.15) is 0 Å². The zero-order chi connectivity index (χ0) is 8.69. The van der Waals surface area contributed by atoms with Crippen molar-refractivity contribution in [2.24, 2.45) is 11.7 Å². The summed E-state index contributed by atoms with van der Waals surface area (Å²) in [6.45, 7) is 0. The highest BCUT2D eigenvalue weighted by atomic mass is 32.2. The van der Waals surface area contributed by atoms with Gasteiger partial charge in [0.15, 0.2) is 0 Å². The fourth-order valence-electron chi connectivity index (χ4n) is 0.561. The van der Waals surface area contributed by atoms with Gasteiger partial charge in [0, 0.05) is 0 Å². The topological polar surface area (TPSA) is 55.3 Å². The molecule has 0 aliphatic rings. The van der Waals surface area contributed by atoms with E-state index >= 15 is 0 Å². The van der Waals surface area contributed by atoms with Crippen molar-refractivity contribution in [3.8, 4) is 0 Å². The quantitative estimate of drug-likeness (QED) is 0.303. The summed E-state index contributed by atoms with van der Waals surface area (Å²) in [6.07, 6.45) is 0. The number of para-hydroxylation sites is 1. The highest BCUT2D eigenvalue weighted by molar-refractivity contribution is 8.00. The van der Waals surface area contributed by atoms with Gasteiger partial charge in [-0.05, 0) is 12.1 Å². The molecular formula is C6H11N3S2. The summed E-state index contributed by atoms with van der Waals surface area (Å²) in [5, 5.41) is 0. The second kappa shape index (κ2) is 6.36. The van der Waals surface area contributed by atoms with E-state index in [0.717, 1.165) is 5.69 Å². The molecule has 5 heteroatoms. The maximum Gasteiger partial charge on any atom is 0.0588 e. The Kier molecular flexibility index (Phi) is 6.15. The predicted molar refractivity (Wildman–Crippen MR) is 55.3 cm³/mol. The van der Waals surface area contributed by atoms with E-state index in [1.54, 1.807) is 0 Å². The average molecular weight is 189 g/mol. The van der Waals surface area contributed by atoms with E-state index in [1.165, 1.54) is 3.71 Å². The molecule has 11 heavy (non-hydrogen) atoms. The Balaban J connectivity index is 0.000000461. The van der Waals surface area contributed by atoms with Crippen molar-refractivity contribution < 1.29 is 0 Å². The van der Waals surface area contributed by atoms with Gasteiger partial charge in [-0.25, -0.2) is 0 Å². The number of hydrogen-bond donors (Lipinski definition) is 4. The van der Waals surface area contributed by atoms with Gasteiger partial charge in [0.25, 0.3) is 0 Å². The molecule has 1 aromatic rings. The van der Waals surface area contributed by atoms with Crippen LogP contribution < -0.4 is 15.4 Å². The minimum atomic E-state index is 0.976. The van der Waals surface area contributed by atoms with E-state index in [1.807, 2.05) is 30.3 Å². The Hall–Kier alpha value is -0.360. The number of anilines is 1. The van der Waals surface area contributed by atoms with Gasteiger partial charge in [-0.2, -0.15) is 0 Å². The van der Waals surface area contributed by atoms with Crippen LogP contribution in [-0.4, -0.2) is 0 Å². The largest absolute Gasteiger partial charge is 0.274 e. The summed E-state index contributed by atoms with van der Waals surface area (Å²) in [7, 11) is 0. The molecule has 0 spiro atoms. The monoisotopic (exact) mass is 189 g/mol. The molecule has 0 radical (unpaired) electrons. The van der Waals surface area contributed by atoms with Crippen LogP contribution in [0.4, 0.5) is 5.69 Å². The molecule has 0 aliphatic carbocycles. The van der Waals surface area contributed by atoms with Crippen molar-refractivity contribution in [1.29, 1.82) is 0 Å². The van der Waals surface area contributed by atoms with Crippen LogP contribution in [0.15, 0.2) is 30.3 Å². The fraction of sp³-hybridized carbons (Fsp3) is 0. The van der Waals surface area contributed by atoms with Crippen molar-refractivity contribution in [3.05, 3.63) is 30.3 Å². The molecule has 0 aliphatic heterocycles. The van der Waals surface area contributed by atoms with Crippen LogP contribution in [0.25, 0.3) is 0 Å². The van der Waals surface area contributed by atoms with Crippen LogP contribution in [0.5, 0.6) is 0 Å². The van der Waals surface area contributed by atoms with Crippen molar-refractivity contribution in [1.82, 2.24) is 0 Å². The summed E-state index contributed by atoms with van der Waals surface area (Å²) in [5.41, 5.74) is 0.976. The zero-order valence-corrected chi connectivity index (χ0v) is 7.67. The number of nitrogens with two attached hydrogens (primary N) is 2. The third-order valence-electron chi connectivity index (χ3n) is 0.987. The predicted octanol–water partition coefficient (Wildman–Crippen LogP) is 1.00. The van der Waals surface area contributed by atoms with Gasteiger partial charge < -0.3 is 0 Å². The fourth-order valence-corrected chi connectivity index (χ4v) is 0.828. The van der Waals surface area contributed by atoms with E-state index in [9.17, 15) is 0 Å². The number of hydrogen-bond acceptors (Lipinski definition) is 5. The first-order valence-electron chi connectivity index (χ1n) is 2.87. The molecule has 0 unspecified atom stereocenters. The second-order valence-electron chi connectivity index (χ2n) is 1.62. The van der Waals surface area contributed by atoms with Gasteiger partial charge in [-0.3, -0.25) is 15.4 Å². The van der Waals surface area contributed by atoms with Crippen LogP contribution in [0.2, 0.25) is 0 Å². The Morgan fingerprint density at radius 1 is 1.00 bits per heavy atom. The van der Waals surface area contributed by atoms with E-state index in [4.69, 9.17) is 0 Å². The lowest BCUT2D eigenvalue weighted by Crippen LogP contribution is -2.02. The molecule has 0 amide bonds. The molecule has 0 heterocycles. The lowest BCUT2D eigenvalue weighted by atomic mass is 10.3. The number of thiol groups is 2. The number of hydrazine groups is 1. The smallest absolute Gasteiger partial charge is 0.0588 e. The van der Waals surface area contributed by atoms with Crippen molar-refractivity contribution in [3.63, 3.8) is 0 Å². The van der Waals surface area contributed by atoms with Gasteiger partial charge >= 0.3 is 0 Å². The third-order valence-corrected chi connectivity index (χ3v) is 1.45. The minimum absolute atomic E-state index is 0.976. The average Bonchev–Trinajstić information content (AvgIpc) is 2.10. The number of benzene rings is 1. The van der Waals surface area contributed by atoms with Crippen molar-refractivity contribution in [2.75, 3.05) is 3.71 Å². The second-order valence-corrected chi connectivity index (χ2v) is 2.74. The number of nitrogens with zero attached hydrogens (tertiary/aromatic N) is 1. The maximum absolute atomic E-state index is 4.00. The van der Waals surface area contributed by atoms with Gasteiger partial charge in [0.2, 0.25) is 0 Å². The Bertz CT molecular complexity index is 178.